The summed E-state index contributed by atoms with van der Waals surface area (Å²) in [6.45, 7) is 3.40. The summed E-state index contributed by atoms with van der Waals surface area (Å²) in [7, 11) is 0. The third kappa shape index (κ3) is 6.01. The molecule has 3 N–H and O–H groups in total. The van der Waals surface area contributed by atoms with Gasteiger partial charge in [0.05, 0.1) is 12.6 Å². The zero-order chi connectivity index (χ0) is 14.3. The standard InChI is InChI=1S/C14H20N2O3/c1-10(8-11(2)17)16-13(18)9-15-14(19)12-6-4-3-5-7-12/h3-7,10-11,17H,8-9H2,1-2H3,(H,15,19)(H,16,18). The van der Waals surface area contributed by atoms with Gasteiger partial charge in [-0.2, -0.15) is 0 Å². The van der Waals surface area contributed by atoms with Gasteiger partial charge in [0.2, 0.25) is 5.91 Å². The van der Waals surface area contributed by atoms with Crippen LogP contribution in [0.3, 0.4) is 0 Å². The van der Waals surface area contributed by atoms with Gasteiger partial charge in [0.1, 0.15) is 0 Å². The molecule has 0 bridgehead atoms. The molecule has 0 saturated carbocycles. The lowest BCUT2D eigenvalue weighted by molar-refractivity contribution is -0.120. The van der Waals surface area contributed by atoms with Crippen molar-refractivity contribution in [2.24, 2.45) is 0 Å². The number of carbonyl (C=O) groups excluding carboxylic acids is 2. The molecule has 1 aromatic rings. The summed E-state index contributed by atoms with van der Waals surface area (Å²) in [5, 5.41) is 14.4. The quantitative estimate of drug-likeness (QED) is 0.707. The van der Waals surface area contributed by atoms with E-state index in [1.165, 1.54) is 0 Å². The predicted molar refractivity (Wildman–Crippen MR) is 72.7 cm³/mol. The van der Waals surface area contributed by atoms with Crippen LogP contribution in [-0.2, 0) is 4.79 Å². The van der Waals surface area contributed by atoms with E-state index in [1.54, 1.807) is 31.2 Å². The van der Waals surface area contributed by atoms with Crippen LogP contribution in [0.5, 0.6) is 0 Å². The molecule has 104 valence electrons. The Balaban J connectivity index is 2.32. The van der Waals surface area contributed by atoms with E-state index in [9.17, 15) is 14.7 Å². The van der Waals surface area contributed by atoms with Crippen LogP contribution >= 0.6 is 0 Å². The van der Waals surface area contributed by atoms with Crippen LogP contribution in [0, 0.1) is 0 Å². The molecule has 0 aromatic heterocycles. The van der Waals surface area contributed by atoms with Gasteiger partial charge >= 0.3 is 0 Å². The third-order valence-electron chi connectivity index (χ3n) is 2.55. The Morgan fingerprint density at radius 1 is 1.21 bits per heavy atom. The molecular formula is C14H20N2O3. The van der Waals surface area contributed by atoms with Crippen LogP contribution in [0.2, 0.25) is 0 Å². The fourth-order valence-electron chi connectivity index (χ4n) is 1.75. The molecule has 19 heavy (non-hydrogen) atoms. The van der Waals surface area contributed by atoms with E-state index in [0.717, 1.165) is 0 Å². The highest BCUT2D eigenvalue weighted by Crippen LogP contribution is 1.98. The molecule has 2 unspecified atom stereocenters. The van der Waals surface area contributed by atoms with Crippen molar-refractivity contribution in [1.29, 1.82) is 0 Å². The van der Waals surface area contributed by atoms with E-state index in [1.807, 2.05) is 13.0 Å². The molecule has 5 heteroatoms. The van der Waals surface area contributed by atoms with E-state index in [0.29, 0.717) is 12.0 Å². The lowest BCUT2D eigenvalue weighted by atomic mass is 10.1. The molecule has 0 spiro atoms. The maximum absolute atomic E-state index is 11.7. The highest BCUT2D eigenvalue weighted by atomic mass is 16.3. The molecule has 0 heterocycles. The van der Waals surface area contributed by atoms with E-state index in [2.05, 4.69) is 10.6 Å². The molecule has 0 fully saturated rings. The SMILES string of the molecule is CC(O)CC(C)NC(=O)CNC(=O)c1ccccc1. The lowest BCUT2D eigenvalue weighted by Gasteiger charge is -2.15. The smallest absolute Gasteiger partial charge is 0.251 e. The Morgan fingerprint density at radius 3 is 2.42 bits per heavy atom. The summed E-state index contributed by atoms with van der Waals surface area (Å²) in [5.41, 5.74) is 0.521. The number of nitrogens with one attached hydrogen (secondary N) is 2. The maximum atomic E-state index is 11.7. The van der Waals surface area contributed by atoms with E-state index < -0.39 is 6.10 Å². The fourth-order valence-corrected chi connectivity index (χ4v) is 1.75. The number of aliphatic hydroxyl groups excluding tert-OH is 1. The lowest BCUT2D eigenvalue weighted by Crippen LogP contribution is -2.41. The number of carbonyl (C=O) groups is 2. The maximum Gasteiger partial charge on any atom is 0.251 e. The van der Waals surface area contributed by atoms with Crippen molar-refractivity contribution >= 4 is 11.8 Å². The van der Waals surface area contributed by atoms with Crippen molar-refractivity contribution < 1.29 is 14.7 Å². The van der Waals surface area contributed by atoms with Gasteiger partial charge in [-0.1, -0.05) is 18.2 Å². The number of amides is 2. The first-order valence-electron chi connectivity index (χ1n) is 6.29. The first-order chi connectivity index (χ1) is 8.99. The number of hydrogen-bond acceptors (Lipinski definition) is 3. The monoisotopic (exact) mass is 264 g/mol. The topological polar surface area (TPSA) is 78.4 Å². The summed E-state index contributed by atoms with van der Waals surface area (Å²) in [5.74, 6) is -0.545. The third-order valence-corrected chi connectivity index (χ3v) is 2.55. The Hall–Kier alpha value is -1.88. The summed E-state index contributed by atoms with van der Waals surface area (Å²) in [6, 6.07) is 8.59. The number of aliphatic hydroxyl groups is 1. The molecule has 5 nitrogen and oxygen atoms in total. The van der Waals surface area contributed by atoms with Crippen molar-refractivity contribution in [3.8, 4) is 0 Å². The average Bonchev–Trinajstić information content (AvgIpc) is 2.36. The predicted octanol–water partition coefficient (Wildman–Crippen LogP) is 0.692. The van der Waals surface area contributed by atoms with Gasteiger partial charge in [0.25, 0.3) is 5.91 Å². The fraction of sp³-hybridized carbons (Fsp3) is 0.429. The van der Waals surface area contributed by atoms with Gasteiger partial charge in [-0.25, -0.2) is 0 Å². The van der Waals surface area contributed by atoms with Gasteiger partial charge in [-0.05, 0) is 32.4 Å². The minimum Gasteiger partial charge on any atom is -0.393 e. The molecule has 0 aliphatic rings. The minimum atomic E-state index is -0.464. The van der Waals surface area contributed by atoms with Gasteiger partial charge in [0, 0.05) is 11.6 Å². The van der Waals surface area contributed by atoms with Crippen LogP contribution in [-0.4, -0.2) is 35.6 Å². The van der Waals surface area contributed by atoms with Crippen LogP contribution in [0.25, 0.3) is 0 Å². The van der Waals surface area contributed by atoms with Crippen LogP contribution in [0.1, 0.15) is 30.6 Å². The summed E-state index contributed by atoms with van der Waals surface area (Å²) in [4.78, 5) is 23.2. The molecule has 0 radical (unpaired) electrons. The molecule has 0 saturated heterocycles. The molecule has 0 aliphatic carbocycles. The number of rotatable bonds is 6. The average molecular weight is 264 g/mol. The second-order valence-corrected chi connectivity index (χ2v) is 4.60. The number of hydrogen-bond donors (Lipinski definition) is 3. The second kappa shape index (κ2) is 7.53. The largest absolute Gasteiger partial charge is 0.393 e. The van der Waals surface area contributed by atoms with Crippen molar-refractivity contribution in [1.82, 2.24) is 10.6 Å². The van der Waals surface area contributed by atoms with Gasteiger partial charge in [-0.3, -0.25) is 9.59 Å². The van der Waals surface area contributed by atoms with Crippen molar-refractivity contribution in [3.63, 3.8) is 0 Å². The van der Waals surface area contributed by atoms with E-state index in [4.69, 9.17) is 0 Å². The zero-order valence-corrected chi connectivity index (χ0v) is 11.2. The van der Waals surface area contributed by atoms with Gasteiger partial charge in [-0.15, -0.1) is 0 Å². The molecule has 1 aromatic carbocycles. The Morgan fingerprint density at radius 2 is 1.84 bits per heavy atom. The zero-order valence-electron chi connectivity index (χ0n) is 11.2. The summed E-state index contributed by atoms with van der Waals surface area (Å²) >= 11 is 0. The van der Waals surface area contributed by atoms with Gasteiger partial charge < -0.3 is 15.7 Å². The Bertz CT molecular complexity index is 418. The molecule has 2 amide bonds. The van der Waals surface area contributed by atoms with Crippen molar-refractivity contribution in [2.75, 3.05) is 6.54 Å². The Labute approximate surface area is 113 Å². The molecule has 2 atom stereocenters. The highest BCUT2D eigenvalue weighted by molar-refractivity contribution is 5.96. The van der Waals surface area contributed by atoms with E-state index in [-0.39, 0.29) is 24.4 Å². The first kappa shape index (κ1) is 15.2. The van der Waals surface area contributed by atoms with E-state index >= 15 is 0 Å². The van der Waals surface area contributed by atoms with Crippen LogP contribution < -0.4 is 10.6 Å². The van der Waals surface area contributed by atoms with Gasteiger partial charge in [0.15, 0.2) is 0 Å². The number of benzene rings is 1. The molecule has 1 rings (SSSR count). The highest BCUT2D eigenvalue weighted by Gasteiger charge is 2.11. The van der Waals surface area contributed by atoms with Crippen LogP contribution in [0.15, 0.2) is 30.3 Å². The summed E-state index contributed by atoms with van der Waals surface area (Å²) < 4.78 is 0. The summed E-state index contributed by atoms with van der Waals surface area (Å²) in [6.07, 6.45) is 0.0208. The van der Waals surface area contributed by atoms with Crippen molar-refractivity contribution in [2.45, 2.75) is 32.4 Å². The second-order valence-electron chi connectivity index (χ2n) is 4.60. The molecular weight excluding hydrogens is 244 g/mol. The first-order valence-corrected chi connectivity index (χ1v) is 6.29. The molecule has 0 aliphatic heterocycles. The normalized spacial score (nSPS) is 13.4. The minimum absolute atomic E-state index is 0.0716. The van der Waals surface area contributed by atoms with Crippen molar-refractivity contribution in [3.05, 3.63) is 35.9 Å². The Kier molecular flexibility index (Phi) is 6.02. The van der Waals surface area contributed by atoms with Crippen LogP contribution in [0.4, 0.5) is 0 Å².